The maximum Gasteiger partial charge on any atom is 0.243 e. The van der Waals surface area contributed by atoms with E-state index in [-0.39, 0.29) is 22.2 Å². The molecule has 0 radical (unpaired) electrons. The second-order valence-corrected chi connectivity index (χ2v) is 10.5. The molecule has 1 N–H and O–H groups in total. The highest BCUT2D eigenvalue weighted by atomic mass is 35.5. The summed E-state index contributed by atoms with van der Waals surface area (Å²) < 4.78 is 42.7. The number of imidazole rings is 1. The van der Waals surface area contributed by atoms with Crippen LogP contribution < -0.4 is 5.32 Å². The van der Waals surface area contributed by atoms with Crippen LogP contribution in [0.1, 0.15) is 38.4 Å². The van der Waals surface area contributed by atoms with E-state index >= 15 is 0 Å². The zero-order valence-electron chi connectivity index (χ0n) is 18.4. The summed E-state index contributed by atoms with van der Waals surface area (Å²) in [5, 5.41) is 2.66. The van der Waals surface area contributed by atoms with Crippen molar-refractivity contribution in [2.24, 2.45) is 0 Å². The number of carbonyl (C=O) groups excluding carboxylic acids is 1. The predicted molar refractivity (Wildman–Crippen MR) is 126 cm³/mol. The molecule has 4 rings (SSSR count). The van der Waals surface area contributed by atoms with E-state index in [4.69, 9.17) is 11.6 Å². The average Bonchev–Trinajstić information content (AvgIpc) is 3.44. The van der Waals surface area contributed by atoms with Gasteiger partial charge in [-0.25, -0.2) is 17.8 Å². The van der Waals surface area contributed by atoms with Crippen LogP contribution in [0, 0.1) is 5.82 Å². The molecule has 176 valence electrons. The van der Waals surface area contributed by atoms with Gasteiger partial charge in [0.15, 0.2) is 0 Å². The maximum absolute atomic E-state index is 13.3. The lowest BCUT2D eigenvalue weighted by atomic mass is 10.2. The summed E-state index contributed by atoms with van der Waals surface area (Å²) >= 11 is 5.77. The number of hydrogen-bond acceptors (Lipinski definition) is 4. The Labute approximate surface area is 197 Å². The molecule has 1 fully saturated rings. The van der Waals surface area contributed by atoms with Gasteiger partial charge in [0.05, 0.1) is 21.0 Å². The highest BCUT2D eigenvalue weighted by Gasteiger charge is 2.27. The largest absolute Gasteiger partial charge is 0.328 e. The van der Waals surface area contributed by atoms with E-state index in [0.29, 0.717) is 37.3 Å². The molecular weight excluding hydrogens is 467 g/mol. The maximum atomic E-state index is 13.3. The lowest BCUT2D eigenvalue weighted by Gasteiger charge is -2.15. The van der Waals surface area contributed by atoms with Crippen molar-refractivity contribution in [3.8, 4) is 0 Å². The zero-order chi connectivity index (χ0) is 23.6. The van der Waals surface area contributed by atoms with Crippen LogP contribution in [0.5, 0.6) is 0 Å². The topological polar surface area (TPSA) is 84.3 Å². The molecule has 1 amide bonds. The third-order valence-electron chi connectivity index (χ3n) is 5.73. The van der Waals surface area contributed by atoms with Gasteiger partial charge >= 0.3 is 0 Å². The van der Waals surface area contributed by atoms with Crippen LogP contribution in [0.4, 0.5) is 10.1 Å². The van der Waals surface area contributed by atoms with E-state index in [9.17, 15) is 17.6 Å². The molecule has 0 spiro atoms. The Balaban J connectivity index is 1.54. The number of halogens is 2. The fraction of sp³-hybridized carbons (Fsp3) is 0.391. The number of aryl methyl sites for hydroxylation is 2. The van der Waals surface area contributed by atoms with Gasteiger partial charge in [0.25, 0.3) is 0 Å². The van der Waals surface area contributed by atoms with Crippen molar-refractivity contribution in [1.82, 2.24) is 13.9 Å². The molecule has 33 heavy (non-hydrogen) atoms. The van der Waals surface area contributed by atoms with E-state index < -0.39 is 15.8 Å². The first-order chi connectivity index (χ1) is 15.8. The van der Waals surface area contributed by atoms with Gasteiger partial charge in [0.2, 0.25) is 15.9 Å². The van der Waals surface area contributed by atoms with Gasteiger partial charge in [-0.2, -0.15) is 4.31 Å². The fourth-order valence-electron chi connectivity index (χ4n) is 4.08. The second-order valence-electron chi connectivity index (χ2n) is 8.12. The SMILES string of the molecule is CCCn1c(CCC(=O)Nc2ccc(F)c(Cl)c2)nc2cc(S(=O)(=O)N3CCCC3)ccc21. The number of rotatable bonds is 8. The van der Waals surface area contributed by atoms with Crippen molar-refractivity contribution in [3.63, 3.8) is 0 Å². The number of aromatic nitrogens is 2. The van der Waals surface area contributed by atoms with E-state index in [1.54, 1.807) is 18.2 Å². The summed E-state index contributed by atoms with van der Waals surface area (Å²) in [6.45, 7) is 3.85. The van der Waals surface area contributed by atoms with E-state index in [1.165, 1.54) is 22.5 Å². The van der Waals surface area contributed by atoms with E-state index in [0.717, 1.165) is 30.6 Å². The first-order valence-electron chi connectivity index (χ1n) is 11.0. The molecule has 0 atom stereocenters. The molecule has 1 aliphatic heterocycles. The van der Waals surface area contributed by atoms with Crippen LogP contribution in [0.3, 0.4) is 0 Å². The molecule has 2 aromatic carbocycles. The number of carbonyl (C=O) groups is 1. The summed E-state index contributed by atoms with van der Waals surface area (Å²) in [4.78, 5) is 17.3. The normalized spacial score (nSPS) is 14.8. The van der Waals surface area contributed by atoms with Crippen molar-refractivity contribution >= 4 is 44.3 Å². The van der Waals surface area contributed by atoms with Crippen molar-refractivity contribution in [2.75, 3.05) is 18.4 Å². The molecule has 1 saturated heterocycles. The molecule has 3 aromatic rings. The number of amides is 1. The fourth-order valence-corrected chi connectivity index (χ4v) is 5.80. The Morgan fingerprint density at radius 1 is 1.18 bits per heavy atom. The number of nitrogens with zero attached hydrogens (tertiary/aromatic N) is 3. The van der Waals surface area contributed by atoms with Crippen LogP contribution in [-0.4, -0.2) is 41.3 Å². The van der Waals surface area contributed by atoms with E-state index in [1.807, 2.05) is 11.5 Å². The first-order valence-corrected chi connectivity index (χ1v) is 12.9. The number of hydrogen-bond donors (Lipinski definition) is 1. The molecule has 0 bridgehead atoms. The van der Waals surface area contributed by atoms with Gasteiger partial charge in [0.1, 0.15) is 11.6 Å². The smallest absolute Gasteiger partial charge is 0.243 e. The van der Waals surface area contributed by atoms with Gasteiger partial charge in [0, 0.05) is 38.2 Å². The highest BCUT2D eigenvalue weighted by molar-refractivity contribution is 7.89. The minimum atomic E-state index is -3.53. The number of fused-ring (bicyclic) bond motifs is 1. The minimum absolute atomic E-state index is 0.0581. The van der Waals surface area contributed by atoms with Crippen LogP contribution in [0.15, 0.2) is 41.3 Å². The second kappa shape index (κ2) is 9.79. The number of nitrogens with one attached hydrogen (secondary N) is 1. The summed E-state index contributed by atoms with van der Waals surface area (Å²) in [5.74, 6) is -0.0750. The van der Waals surface area contributed by atoms with Crippen molar-refractivity contribution in [1.29, 1.82) is 0 Å². The van der Waals surface area contributed by atoms with Crippen LogP contribution in [0.25, 0.3) is 11.0 Å². The van der Waals surface area contributed by atoms with Gasteiger partial charge < -0.3 is 9.88 Å². The van der Waals surface area contributed by atoms with Crippen LogP contribution in [0.2, 0.25) is 5.02 Å². The van der Waals surface area contributed by atoms with E-state index in [2.05, 4.69) is 10.3 Å². The zero-order valence-corrected chi connectivity index (χ0v) is 19.9. The lowest BCUT2D eigenvalue weighted by molar-refractivity contribution is -0.116. The summed E-state index contributed by atoms with van der Waals surface area (Å²) in [6, 6.07) is 9.08. The highest BCUT2D eigenvalue weighted by Crippen LogP contribution is 2.26. The quantitative estimate of drug-likeness (QED) is 0.498. The van der Waals surface area contributed by atoms with Gasteiger partial charge in [-0.05, 0) is 55.7 Å². The number of anilines is 1. The first kappa shape index (κ1) is 23.7. The van der Waals surface area contributed by atoms with Crippen LogP contribution >= 0.6 is 11.6 Å². The molecule has 1 aliphatic rings. The predicted octanol–water partition coefficient (Wildman–Crippen LogP) is 4.59. The lowest BCUT2D eigenvalue weighted by Crippen LogP contribution is -2.27. The van der Waals surface area contributed by atoms with Crippen LogP contribution in [-0.2, 0) is 27.8 Å². The summed E-state index contributed by atoms with van der Waals surface area (Å²) in [5.41, 5.74) is 1.87. The summed E-state index contributed by atoms with van der Waals surface area (Å²) in [6.07, 6.45) is 3.17. The summed E-state index contributed by atoms with van der Waals surface area (Å²) in [7, 11) is -3.53. The molecule has 10 heteroatoms. The molecule has 7 nitrogen and oxygen atoms in total. The molecule has 1 aromatic heterocycles. The Morgan fingerprint density at radius 2 is 1.94 bits per heavy atom. The third-order valence-corrected chi connectivity index (χ3v) is 7.91. The molecule has 0 aliphatic carbocycles. The minimum Gasteiger partial charge on any atom is -0.328 e. The molecule has 0 saturated carbocycles. The van der Waals surface area contributed by atoms with Gasteiger partial charge in [-0.1, -0.05) is 18.5 Å². The van der Waals surface area contributed by atoms with Crippen molar-refractivity contribution < 1.29 is 17.6 Å². The monoisotopic (exact) mass is 492 g/mol. The Morgan fingerprint density at radius 3 is 2.64 bits per heavy atom. The number of benzene rings is 2. The van der Waals surface area contributed by atoms with Gasteiger partial charge in [-0.3, -0.25) is 4.79 Å². The average molecular weight is 493 g/mol. The van der Waals surface area contributed by atoms with Gasteiger partial charge in [-0.15, -0.1) is 0 Å². The number of sulfonamides is 1. The Hall–Kier alpha value is -2.49. The molecule has 0 unspecified atom stereocenters. The standard InChI is InChI=1S/C23H26ClFN4O3S/c1-2-11-29-21-8-6-17(33(31,32)28-12-3-4-13-28)15-20(21)27-22(29)9-10-23(30)26-16-5-7-19(25)18(24)14-16/h5-8,14-15H,2-4,9-13H2,1H3,(H,26,30). The Kier molecular flexibility index (Phi) is 7.02. The molecule has 2 heterocycles. The van der Waals surface area contributed by atoms with Crippen molar-refractivity contribution in [3.05, 3.63) is 53.1 Å². The van der Waals surface area contributed by atoms with Crippen molar-refractivity contribution in [2.45, 2.75) is 50.5 Å². The Bertz CT molecular complexity index is 1290. The molecular formula is C23H26ClFN4O3S. The third kappa shape index (κ3) is 5.05.